The van der Waals surface area contributed by atoms with E-state index in [1.165, 1.54) is 19.4 Å². The third-order valence-electron chi connectivity index (χ3n) is 4.76. The highest BCUT2D eigenvalue weighted by molar-refractivity contribution is 5.79. The number of piperidine rings is 2. The number of hydrogen-bond donors (Lipinski definition) is 2. The summed E-state index contributed by atoms with van der Waals surface area (Å²) in [5.74, 6) is 0.523. The molecule has 2 rings (SSSR count). The smallest absolute Gasteiger partial charge is 0.223 e. The van der Waals surface area contributed by atoms with Gasteiger partial charge in [-0.3, -0.25) is 4.79 Å². The normalized spacial score (nSPS) is 29.3. The van der Waals surface area contributed by atoms with Crippen LogP contribution in [0.2, 0.25) is 0 Å². The first-order valence-corrected chi connectivity index (χ1v) is 8.45. The van der Waals surface area contributed by atoms with E-state index >= 15 is 0 Å². The second kappa shape index (κ2) is 7.99. The van der Waals surface area contributed by atoms with Crippen LogP contribution in [0.5, 0.6) is 0 Å². The zero-order valence-electron chi connectivity index (χ0n) is 13.2. The fourth-order valence-corrected chi connectivity index (χ4v) is 3.37. The van der Waals surface area contributed by atoms with Crippen molar-refractivity contribution < 1.29 is 4.79 Å². The highest BCUT2D eigenvalue weighted by Gasteiger charge is 2.27. The van der Waals surface area contributed by atoms with Crippen LogP contribution in [-0.4, -0.2) is 49.1 Å². The van der Waals surface area contributed by atoms with E-state index in [2.05, 4.69) is 29.4 Å². The summed E-state index contributed by atoms with van der Waals surface area (Å²) in [5, 5.41) is 6.70. The molecule has 4 nitrogen and oxygen atoms in total. The molecule has 0 spiro atoms. The largest absolute Gasteiger partial charge is 0.353 e. The molecule has 0 radical (unpaired) electrons. The molecule has 2 aliphatic heterocycles. The van der Waals surface area contributed by atoms with Gasteiger partial charge in [-0.2, -0.15) is 0 Å². The molecule has 2 aliphatic rings. The van der Waals surface area contributed by atoms with Crippen molar-refractivity contribution in [1.29, 1.82) is 0 Å². The van der Waals surface area contributed by atoms with E-state index in [9.17, 15) is 4.79 Å². The number of nitrogens with zero attached hydrogens (tertiary/aromatic N) is 1. The van der Waals surface area contributed by atoms with Gasteiger partial charge < -0.3 is 15.5 Å². The number of carbonyl (C=O) groups excluding carboxylic acids is 1. The van der Waals surface area contributed by atoms with Crippen molar-refractivity contribution in [2.24, 2.45) is 5.92 Å². The van der Waals surface area contributed by atoms with Gasteiger partial charge in [0.25, 0.3) is 0 Å². The van der Waals surface area contributed by atoms with Crippen molar-refractivity contribution in [1.82, 2.24) is 15.5 Å². The fraction of sp³-hybridized carbons (Fsp3) is 0.938. The Morgan fingerprint density at radius 3 is 2.70 bits per heavy atom. The van der Waals surface area contributed by atoms with E-state index in [1.54, 1.807) is 0 Å². The van der Waals surface area contributed by atoms with Crippen LogP contribution in [0.15, 0.2) is 0 Å². The third kappa shape index (κ3) is 4.74. The van der Waals surface area contributed by atoms with Crippen LogP contribution in [0.25, 0.3) is 0 Å². The number of amides is 1. The molecule has 4 heteroatoms. The second-order valence-electron chi connectivity index (χ2n) is 6.55. The lowest BCUT2D eigenvalue weighted by Crippen LogP contribution is -2.48. The van der Waals surface area contributed by atoms with Gasteiger partial charge >= 0.3 is 0 Å². The zero-order valence-corrected chi connectivity index (χ0v) is 13.2. The Kier molecular flexibility index (Phi) is 6.30. The minimum Gasteiger partial charge on any atom is -0.353 e. The van der Waals surface area contributed by atoms with Gasteiger partial charge in [0, 0.05) is 31.1 Å². The molecule has 0 saturated carbocycles. The van der Waals surface area contributed by atoms with Crippen molar-refractivity contribution in [2.45, 2.75) is 64.5 Å². The van der Waals surface area contributed by atoms with Crippen molar-refractivity contribution >= 4 is 5.91 Å². The summed E-state index contributed by atoms with van der Waals surface area (Å²) >= 11 is 0. The summed E-state index contributed by atoms with van der Waals surface area (Å²) in [4.78, 5) is 14.9. The van der Waals surface area contributed by atoms with Crippen LogP contribution in [-0.2, 0) is 4.79 Å². The molecule has 2 atom stereocenters. The molecule has 2 fully saturated rings. The first-order valence-electron chi connectivity index (χ1n) is 8.45. The van der Waals surface area contributed by atoms with Crippen LogP contribution < -0.4 is 10.6 Å². The predicted octanol–water partition coefficient (Wildman–Crippen LogP) is 1.76. The van der Waals surface area contributed by atoms with Gasteiger partial charge in [0.1, 0.15) is 0 Å². The van der Waals surface area contributed by atoms with E-state index in [1.807, 2.05) is 0 Å². The number of hydrogen-bond acceptors (Lipinski definition) is 3. The molecule has 2 heterocycles. The molecule has 0 aromatic carbocycles. The lowest BCUT2D eigenvalue weighted by Gasteiger charge is -2.34. The van der Waals surface area contributed by atoms with Crippen LogP contribution in [0.4, 0.5) is 0 Å². The van der Waals surface area contributed by atoms with Gasteiger partial charge in [-0.05, 0) is 52.1 Å². The van der Waals surface area contributed by atoms with Crippen molar-refractivity contribution in [3.05, 3.63) is 0 Å². The molecule has 1 amide bonds. The van der Waals surface area contributed by atoms with E-state index in [0.717, 1.165) is 45.3 Å². The van der Waals surface area contributed by atoms with E-state index in [4.69, 9.17) is 0 Å². The summed E-state index contributed by atoms with van der Waals surface area (Å²) in [5.41, 5.74) is 0. The van der Waals surface area contributed by atoms with Gasteiger partial charge in [0.15, 0.2) is 0 Å². The second-order valence-corrected chi connectivity index (χ2v) is 6.55. The molecular weight excluding hydrogens is 250 g/mol. The minimum absolute atomic E-state index is 0.226. The maximum absolute atomic E-state index is 12.3. The Labute approximate surface area is 123 Å². The van der Waals surface area contributed by atoms with Gasteiger partial charge in [0.05, 0.1) is 0 Å². The summed E-state index contributed by atoms with van der Waals surface area (Å²) in [6.07, 6.45) is 6.78. The minimum atomic E-state index is 0.226. The van der Waals surface area contributed by atoms with Gasteiger partial charge in [-0.15, -0.1) is 0 Å². The topological polar surface area (TPSA) is 44.4 Å². The van der Waals surface area contributed by atoms with Gasteiger partial charge in [0.2, 0.25) is 5.91 Å². The fourth-order valence-electron chi connectivity index (χ4n) is 3.37. The van der Waals surface area contributed by atoms with E-state index in [0.29, 0.717) is 18.0 Å². The highest BCUT2D eigenvalue weighted by atomic mass is 16.1. The van der Waals surface area contributed by atoms with Crippen LogP contribution >= 0.6 is 0 Å². The number of nitrogens with one attached hydrogen (secondary N) is 2. The standard InChI is InChI=1S/C16H31N3O/c1-3-4-9-19-10-6-15(7-11-19)18-16(20)14-5-8-17-13(2)12-14/h13-15,17H,3-12H2,1-2H3,(H,18,20)/t13-,14-/m0/s1. The molecule has 2 N–H and O–H groups in total. The maximum Gasteiger partial charge on any atom is 0.223 e. The Balaban J connectivity index is 1.68. The summed E-state index contributed by atoms with van der Waals surface area (Å²) in [7, 11) is 0. The van der Waals surface area contributed by atoms with Crippen molar-refractivity contribution in [2.75, 3.05) is 26.2 Å². The summed E-state index contributed by atoms with van der Waals surface area (Å²) in [6, 6.07) is 0.890. The van der Waals surface area contributed by atoms with Crippen LogP contribution in [0.1, 0.15) is 52.4 Å². The molecule has 0 unspecified atom stereocenters. The summed E-state index contributed by atoms with van der Waals surface area (Å²) in [6.45, 7) is 8.91. The molecule has 0 aromatic rings. The average Bonchev–Trinajstić information content (AvgIpc) is 2.46. The number of carbonyl (C=O) groups is 1. The van der Waals surface area contributed by atoms with Gasteiger partial charge in [-0.25, -0.2) is 0 Å². The number of likely N-dealkylation sites (tertiary alicyclic amines) is 1. The Morgan fingerprint density at radius 1 is 1.30 bits per heavy atom. The Hall–Kier alpha value is -0.610. The highest BCUT2D eigenvalue weighted by Crippen LogP contribution is 2.18. The van der Waals surface area contributed by atoms with Crippen LogP contribution in [0, 0.1) is 5.92 Å². The Morgan fingerprint density at radius 2 is 2.05 bits per heavy atom. The maximum atomic E-state index is 12.3. The number of unbranched alkanes of at least 4 members (excludes halogenated alkanes) is 1. The zero-order chi connectivity index (χ0) is 14.4. The molecule has 0 aliphatic carbocycles. The third-order valence-corrected chi connectivity index (χ3v) is 4.76. The lowest BCUT2D eigenvalue weighted by atomic mass is 9.92. The van der Waals surface area contributed by atoms with Crippen molar-refractivity contribution in [3.8, 4) is 0 Å². The number of rotatable bonds is 5. The lowest BCUT2D eigenvalue weighted by molar-refractivity contribution is -0.127. The van der Waals surface area contributed by atoms with Crippen LogP contribution in [0.3, 0.4) is 0 Å². The monoisotopic (exact) mass is 281 g/mol. The van der Waals surface area contributed by atoms with E-state index < -0.39 is 0 Å². The van der Waals surface area contributed by atoms with E-state index in [-0.39, 0.29) is 5.92 Å². The first kappa shape index (κ1) is 15.8. The van der Waals surface area contributed by atoms with Crippen molar-refractivity contribution in [3.63, 3.8) is 0 Å². The molecule has 116 valence electrons. The SMILES string of the molecule is CCCCN1CCC(NC(=O)[C@H]2CCN[C@@H](C)C2)CC1. The molecule has 0 bridgehead atoms. The molecule has 20 heavy (non-hydrogen) atoms. The predicted molar refractivity (Wildman–Crippen MR) is 82.7 cm³/mol. The quantitative estimate of drug-likeness (QED) is 0.807. The van der Waals surface area contributed by atoms with Gasteiger partial charge in [-0.1, -0.05) is 13.3 Å². The average molecular weight is 281 g/mol. The molecule has 2 saturated heterocycles. The molecular formula is C16H31N3O. The molecule has 0 aromatic heterocycles. The Bertz CT molecular complexity index is 300. The summed E-state index contributed by atoms with van der Waals surface area (Å²) < 4.78 is 0. The first-order chi connectivity index (χ1) is 9.69.